The van der Waals surface area contributed by atoms with Crippen LogP contribution >= 0.6 is 35.8 Å². The molecule has 1 aliphatic rings. The summed E-state index contributed by atoms with van der Waals surface area (Å²) in [5.41, 5.74) is 7.76. The van der Waals surface area contributed by atoms with Gasteiger partial charge >= 0.3 is 0 Å². The Morgan fingerprint density at radius 2 is 1.93 bits per heavy atom. The second-order valence-electron chi connectivity index (χ2n) is 6.06. The first-order chi connectivity index (χ1) is 13.9. The van der Waals surface area contributed by atoms with Crippen LogP contribution in [0.2, 0.25) is 10.0 Å². The van der Waals surface area contributed by atoms with Gasteiger partial charge in [0.1, 0.15) is 5.03 Å². The molecule has 12 heteroatoms. The Bertz CT molecular complexity index is 1120. The van der Waals surface area contributed by atoms with Crippen molar-refractivity contribution in [2.75, 3.05) is 0 Å². The van der Waals surface area contributed by atoms with Crippen molar-refractivity contribution in [3.63, 3.8) is 0 Å². The van der Waals surface area contributed by atoms with Crippen molar-refractivity contribution in [3.8, 4) is 5.69 Å². The van der Waals surface area contributed by atoms with Crippen molar-refractivity contribution in [1.82, 2.24) is 25.9 Å². The number of nitrogens with zero attached hydrogens (tertiary/aromatic N) is 5. The molecule has 0 saturated heterocycles. The highest BCUT2D eigenvalue weighted by Crippen LogP contribution is 2.28. The number of non-ortho nitro benzene ring substituents is 1. The van der Waals surface area contributed by atoms with E-state index in [1.807, 2.05) is 0 Å². The number of nitro groups is 1. The number of aromatic nitrogens is 2. The first kappa shape index (κ1) is 19.5. The van der Waals surface area contributed by atoms with Crippen LogP contribution < -0.4 is 11.1 Å². The van der Waals surface area contributed by atoms with Crippen molar-refractivity contribution in [2.24, 2.45) is 5.10 Å². The van der Waals surface area contributed by atoms with Crippen molar-refractivity contribution in [2.45, 2.75) is 11.6 Å². The summed E-state index contributed by atoms with van der Waals surface area (Å²) in [6, 6.07) is 11.4. The topological polar surface area (TPSA) is 101 Å². The van der Waals surface area contributed by atoms with E-state index in [0.29, 0.717) is 38.7 Å². The number of nitrogens with one attached hydrogen (secondary N) is 2. The summed E-state index contributed by atoms with van der Waals surface area (Å²) < 4.78 is 1.57. The minimum atomic E-state index is -0.436. The van der Waals surface area contributed by atoms with E-state index in [2.05, 4.69) is 33.9 Å². The lowest BCUT2D eigenvalue weighted by molar-refractivity contribution is -0.384. The molecule has 9 nitrogen and oxygen atoms in total. The van der Waals surface area contributed by atoms with Crippen LogP contribution in [0.3, 0.4) is 0 Å². The number of rotatable bonds is 5. The van der Waals surface area contributed by atoms with Crippen molar-refractivity contribution >= 4 is 47.4 Å². The molecular weight excluding hydrogens is 437 g/mol. The SMILES string of the molecule is O=[N+]([O-])c1ccc(CN2NNN=C2c2cnn(-c3cc(Cl)ccc3Cl)c2S)cc1. The third kappa shape index (κ3) is 3.87. The summed E-state index contributed by atoms with van der Waals surface area (Å²) in [6.07, 6.45) is 1.62. The fraction of sp³-hybridized carbons (Fsp3) is 0.0588. The van der Waals surface area contributed by atoms with E-state index in [0.717, 1.165) is 5.56 Å². The van der Waals surface area contributed by atoms with E-state index in [1.165, 1.54) is 12.1 Å². The molecule has 3 aromatic rings. The lowest BCUT2D eigenvalue weighted by atomic mass is 10.2. The van der Waals surface area contributed by atoms with Crippen LogP contribution in [0.5, 0.6) is 0 Å². The standard InChI is InChI=1S/C17H13Cl2N7O2S/c18-11-3-6-14(19)15(7-11)25-17(29)13(8-20-25)16-21-22-23-24(16)9-10-1-4-12(5-2-10)26(27)28/h1-8,22-23,29H,9H2. The smallest absolute Gasteiger partial charge is 0.266 e. The van der Waals surface area contributed by atoms with E-state index in [9.17, 15) is 10.1 Å². The van der Waals surface area contributed by atoms with Crippen LogP contribution in [-0.4, -0.2) is 25.5 Å². The van der Waals surface area contributed by atoms with E-state index < -0.39 is 4.92 Å². The maximum Gasteiger partial charge on any atom is 0.269 e. The lowest BCUT2D eigenvalue weighted by Gasteiger charge is -2.18. The number of hydrazone groups is 1. The molecule has 1 aliphatic heterocycles. The van der Waals surface area contributed by atoms with Gasteiger partial charge < -0.3 is 0 Å². The van der Waals surface area contributed by atoms with Gasteiger partial charge in [-0.1, -0.05) is 35.3 Å². The van der Waals surface area contributed by atoms with Gasteiger partial charge in [-0.25, -0.2) is 10.2 Å². The number of hydrazine groups is 2. The number of hydrogen-bond acceptors (Lipinski definition) is 8. The molecule has 0 amide bonds. The van der Waals surface area contributed by atoms with Gasteiger partial charge in [-0.05, 0) is 23.8 Å². The molecule has 0 unspecified atom stereocenters. The maximum atomic E-state index is 10.8. The monoisotopic (exact) mass is 449 g/mol. The molecule has 0 bridgehead atoms. The third-order valence-electron chi connectivity index (χ3n) is 4.21. The molecule has 0 fully saturated rings. The average Bonchev–Trinajstić information content (AvgIpc) is 3.30. The fourth-order valence-electron chi connectivity index (χ4n) is 2.80. The van der Waals surface area contributed by atoms with Gasteiger partial charge in [0.15, 0.2) is 5.84 Å². The van der Waals surface area contributed by atoms with Crippen LogP contribution in [0.4, 0.5) is 5.69 Å². The third-order valence-corrected chi connectivity index (χ3v) is 5.20. The van der Waals surface area contributed by atoms with E-state index in [4.69, 9.17) is 23.2 Å². The zero-order valence-corrected chi connectivity index (χ0v) is 17.0. The van der Waals surface area contributed by atoms with Crippen LogP contribution in [0.25, 0.3) is 5.69 Å². The number of nitro benzene ring substituents is 1. The zero-order chi connectivity index (χ0) is 20.5. The van der Waals surface area contributed by atoms with Crippen LogP contribution in [0, 0.1) is 10.1 Å². The quantitative estimate of drug-likeness (QED) is 0.312. The number of hydrogen-bond donors (Lipinski definition) is 3. The van der Waals surface area contributed by atoms with Gasteiger partial charge in [0.05, 0.1) is 33.9 Å². The first-order valence-electron chi connectivity index (χ1n) is 8.26. The van der Waals surface area contributed by atoms with Crippen molar-refractivity contribution in [3.05, 3.63) is 79.9 Å². The first-order valence-corrected chi connectivity index (χ1v) is 9.46. The number of thiol groups is 1. The Hall–Kier alpha value is -2.79. The largest absolute Gasteiger partial charge is 0.269 e. The molecule has 0 aliphatic carbocycles. The molecule has 4 rings (SSSR count). The Morgan fingerprint density at radius 1 is 1.17 bits per heavy atom. The fourth-order valence-corrected chi connectivity index (χ4v) is 3.48. The summed E-state index contributed by atoms with van der Waals surface area (Å²) >= 11 is 16.9. The highest BCUT2D eigenvalue weighted by Gasteiger charge is 2.24. The maximum absolute atomic E-state index is 10.8. The van der Waals surface area contributed by atoms with E-state index in [-0.39, 0.29) is 5.69 Å². The van der Waals surface area contributed by atoms with Gasteiger partial charge in [-0.3, -0.25) is 15.1 Å². The lowest BCUT2D eigenvalue weighted by Crippen LogP contribution is -2.40. The Morgan fingerprint density at radius 3 is 2.66 bits per heavy atom. The molecule has 2 N–H and O–H groups in total. The van der Waals surface area contributed by atoms with E-state index >= 15 is 0 Å². The molecule has 148 valence electrons. The number of amidine groups is 1. The second-order valence-corrected chi connectivity index (χ2v) is 7.33. The van der Waals surface area contributed by atoms with Crippen molar-refractivity contribution in [1.29, 1.82) is 0 Å². The normalized spacial score (nSPS) is 13.3. The van der Waals surface area contributed by atoms with Gasteiger partial charge in [0.2, 0.25) is 0 Å². The zero-order valence-electron chi connectivity index (χ0n) is 14.6. The molecular formula is C17H13Cl2N7O2S. The molecule has 2 heterocycles. The number of benzene rings is 2. The molecule has 0 atom stereocenters. The summed E-state index contributed by atoms with van der Waals surface area (Å²) in [7, 11) is 0. The van der Waals surface area contributed by atoms with Gasteiger partial charge in [0.25, 0.3) is 5.69 Å². The molecule has 29 heavy (non-hydrogen) atoms. The molecule has 0 radical (unpaired) electrons. The predicted molar refractivity (Wildman–Crippen MR) is 112 cm³/mol. The minimum Gasteiger partial charge on any atom is -0.266 e. The molecule has 0 spiro atoms. The molecule has 2 aromatic carbocycles. The molecule has 0 saturated carbocycles. The van der Waals surface area contributed by atoms with Crippen LogP contribution in [0.1, 0.15) is 11.1 Å². The molecule has 1 aromatic heterocycles. The Kier molecular flexibility index (Phi) is 5.33. The highest BCUT2D eigenvalue weighted by molar-refractivity contribution is 7.80. The van der Waals surface area contributed by atoms with Crippen LogP contribution in [-0.2, 0) is 6.54 Å². The van der Waals surface area contributed by atoms with Gasteiger partial charge in [-0.2, -0.15) is 5.10 Å². The summed E-state index contributed by atoms with van der Waals surface area (Å²) in [4.78, 5) is 10.4. The average molecular weight is 450 g/mol. The summed E-state index contributed by atoms with van der Waals surface area (Å²) in [5.74, 6) is 0.553. The number of halogens is 2. The highest BCUT2D eigenvalue weighted by atomic mass is 35.5. The van der Waals surface area contributed by atoms with Crippen molar-refractivity contribution < 1.29 is 4.92 Å². The second kappa shape index (κ2) is 7.91. The van der Waals surface area contributed by atoms with Crippen LogP contribution in [0.15, 0.2) is 58.8 Å². The Labute approximate surface area is 180 Å². The van der Waals surface area contributed by atoms with Gasteiger partial charge in [-0.15, -0.1) is 23.3 Å². The van der Waals surface area contributed by atoms with Gasteiger partial charge in [0, 0.05) is 17.2 Å². The summed E-state index contributed by atoms with van der Waals surface area (Å²) in [6.45, 7) is 0.403. The summed E-state index contributed by atoms with van der Waals surface area (Å²) in [5, 5.41) is 22.7. The minimum absolute atomic E-state index is 0.0347. The van der Waals surface area contributed by atoms with E-state index in [1.54, 1.807) is 46.2 Å². The predicted octanol–water partition coefficient (Wildman–Crippen LogP) is 3.56. The Balaban J connectivity index is 1.60.